The van der Waals surface area contributed by atoms with Crippen LogP contribution in [0, 0.1) is 0 Å². The van der Waals surface area contributed by atoms with Crippen LogP contribution in [0.1, 0.15) is 49.7 Å². The molecule has 2 atom stereocenters. The lowest BCUT2D eigenvalue weighted by atomic mass is 9.85. The molecule has 57 heavy (non-hydrogen) atoms. The number of nitrogens with zero attached hydrogens (tertiary/aromatic N) is 1. The van der Waals surface area contributed by atoms with E-state index in [1.807, 2.05) is 6.08 Å². The van der Waals surface area contributed by atoms with Crippen LogP contribution in [0.15, 0.2) is 223 Å². The van der Waals surface area contributed by atoms with Gasteiger partial charge < -0.3 is 10.2 Å². The van der Waals surface area contributed by atoms with E-state index in [4.69, 9.17) is 0 Å². The van der Waals surface area contributed by atoms with Gasteiger partial charge in [-0.15, -0.1) is 0 Å². The van der Waals surface area contributed by atoms with Crippen LogP contribution in [-0.4, -0.2) is 6.04 Å². The first-order valence-electron chi connectivity index (χ1n) is 20.4. The first-order chi connectivity index (χ1) is 28.1. The molecule has 2 unspecified atom stereocenters. The summed E-state index contributed by atoms with van der Waals surface area (Å²) in [5.74, 6) is 0.204. The van der Waals surface area contributed by atoms with E-state index in [0.29, 0.717) is 0 Å². The zero-order chi connectivity index (χ0) is 38.6. The lowest BCUT2D eigenvalue weighted by Crippen LogP contribution is -2.29. The third kappa shape index (κ3) is 7.52. The number of hydrogen-bond acceptors (Lipinski definition) is 2. The summed E-state index contributed by atoms with van der Waals surface area (Å²) < 4.78 is 0. The van der Waals surface area contributed by atoms with Gasteiger partial charge in [0.05, 0.1) is 6.04 Å². The van der Waals surface area contributed by atoms with Crippen molar-refractivity contribution in [3.63, 3.8) is 0 Å². The van der Waals surface area contributed by atoms with Gasteiger partial charge in [-0.3, -0.25) is 0 Å². The van der Waals surface area contributed by atoms with Crippen LogP contribution in [0.3, 0.4) is 0 Å². The molecule has 278 valence electrons. The van der Waals surface area contributed by atoms with Gasteiger partial charge in [-0.05, 0) is 142 Å². The van der Waals surface area contributed by atoms with Gasteiger partial charge >= 0.3 is 0 Å². The second-order valence-corrected chi connectivity index (χ2v) is 15.2. The van der Waals surface area contributed by atoms with E-state index in [9.17, 15) is 0 Å². The summed E-state index contributed by atoms with van der Waals surface area (Å²) in [6, 6.07) is 44.5. The topological polar surface area (TPSA) is 15.3 Å². The van der Waals surface area contributed by atoms with Crippen molar-refractivity contribution in [2.75, 3.05) is 10.2 Å². The van der Waals surface area contributed by atoms with Crippen LogP contribution in [-0.2, 0) is 0 Å². The number of allylic oxidation sites excluding steroid dienone is 15. The molecule has 9 rings (SSSR count). The fourth-order valence-electron chi connectivity index (χ4n) is 8.74. The predicted molar refractivity (Wildman–Crippen MR) is 244 cm³/mol. The van der Waals surface area contributed by atoms with Crippen molar-refractivity contribution in [2.45, 2.75) is 44.6 Å². The van der Waals surface area contributed by atoms with Crippen molar-refractivity contribution in [3.05, 3.63) is 234 Å². The third-order valence-corrected chi connectivity index (χ3v) is 11.6. The Morgan fingerprint density at radius 1 is 0.702 bits per heavy atom. The minimum atomic E-state index is 0.164. The van der Waals surface area contributed by atoms with Crippen molar-refractivity contribution >= 4 is 28.3 Å². The fourth-order valence-corrected chi connectivity index (χ4v) is 8.74. The Morgan fingerprint density at radius 3 is 2.18 bits per heavy atom. The zero-order valence-electron chi connectivity index (χ0n) is 32.6. The molecular weight excluding hydrogens is 689 g/mol. The van der Waals surface area contributed by atoms with E-state index < -0.39 is 0 Å². The maximum Gasteiger partial charge on any atom is 0.0630 e. The summed E-state index contributed by atoms with van der Waals surface area (Å²) in [6.07, 6.45) is 31.6. The minimum Gasteiger partial charge on any atom is -0.356 e. The SMILES string of the molecule is C=C/C=C(\C=C/C)C1=CC2c3cc(-c4ccccc4)ccc3N(c3cccc(-c4ccc(Nc5ccc(C6=CCCC(C7=CCCC=C7)=C6)cc5)cc4)c3)C2C=C1. The van der Waals surface area contributed by atoms with Gasteiger partial charge in [-0.1, -0.05) is 152 Å². The van der Waals surface area contributed by atoms with E-state index >= 15 is 0 Å². The number of fused-ring (bicyclic) bond motifs is 3. The van der Waals surface area contributed by atoms with E-state index in [-0.39, 0.29) is 12.0 Å². The van der Waals surface area contributed by atoms with Crippen LogP contribution in [0.5, 0.6) is 0 Å². The van der Waals surface area contributed by atoms with Crippen molar-refractivity contribution in [2.24, 2.45) is 0 Å². The molecule has 0 fully saturated rings. The zero-order valence-corrected chi connectivity index (χ0v) is 32.6. The molecule has 0 amide bonds. The third-order valence-electron chi connectivity index (χ3n) is 11.6. The summed E-state index contributed by atoms with van der Waals surface area (Å²) in [7, 11) is 0. The smallest absolute Gasteiger partial charge is 0.0630 e. The molecule has 0 bridgehead atoms. The van der Waals surface area contributed by atoms with Crippen LogP contribution >= 0.6 is 0 Å². The van der Waals surface area contributed by atoms with Crippen molar-refractivity contribution in [3.8, 4) is 22.3 Å². The summed E-state index contributed by atoms with van der Waals surface area (Å²) in [6.45, 7) is 6.05. The molecule has 1 heterocycles. The number of nitrogens with one attached hydrogen (secondary N) is 1. The normalized spacial score (nSPS) is 18.7. The van der Waals surface area contributed by atoms with E-state index in [2.05, 4.69) is 212 Å². The quantitative estimate of drug-likeness (QED) is 0.144. The molecule has 0 saturated heterocycles. The monoisotopic (exact) mass is 736 g/mol. The minimum absolute atomic E-state index is 0.164. The van der Waals surface area contributed by atoms with E-state index in [1.54, 1.807) is 0 Å². The maximum atomic E-state index is 3.99. The van der Waals surface area contributed by atoms with Gasteiger partial charge in [0.1, 0.15) is 0 Å². The standard InChI is InChI=1S/C55H48N2/c1-3-13-39(14-4-2)47-27-33-54-52(37-47)53-38-48(41-17-9-6-10-18-41)28-34-55(53)57(54)51-22-12-21-46(36-51)43-25-31-50(32-26-43)56-49-29-23-42(24-30-49)45-20-11-19-44(35-45)40-15-7-5-8-16-40/h3-4,6-7,9-10,12-18,20-38,52,54,56H,1,5,8,11,19H2,2H3/b14-4-,39-13+. The molecule has 0 spiro atoms. The Kier molecular flexibility index (Phi) is 10.3. The molecule has 5 aromatic rings. The van der Waals surface area contributed by atoms with Gasteiger partial charge in [0.15, 0.2) is 0 Å². The highest BCUT2D eigenvalue weighted by atomic mass is 15.2. The largest absolute Gasteiger partial charge is 0.356 e. The van der Waals surface area contributed by atoms with Gasteiger partial charge in [0.25, 0.3) is 0 Å². The Balaban J connectivity index is 0.958. The molecule has 1 aliphatic heterocycles. The van der Waals surface area contributed by atoms with Crippen molar-refractivity contribution in [1.82, 2.24) is 0 Å². The molecular formula is C55H48N2. The van der Waals surface area contributed by atoms with Crippen LogP contribution < -0.4 is 10.2 Å². The first kappa shape index (κ1) is 36.0. The second kappa shape index (κ2) is 16.2. The highest BCUT2D eigenvalue weighted by Crippen LogP contribution is 2.50. The average molecular weight is 737 g/mol. The number of anilines is 4. The van der Waals surface area contributed by atoms with Gasteiger partial charge in [-0.2, -0.15) is 0 Å². The van der Waals surface area contributed by atoms with Crippen LogP contribution in [0.4, 0.5) is 22.7 Å². The lowest BCUT2D eigenvalue weighted by Gasteiger charge is -2.30. The fraction of sp³-hybridized carbons (Fsp3) is 0.127. The van der Waals surface area contributed by atoms with E-state index in [1.165, 1.54) is 72.6 Å². The van der Waals surface area contributed by atoms with Crippen LogP contribution in [0.25, 0.3) is 27.8 Å². The predicted octanol–water partition coefficient (Wildman–Crippen LogP) is 14.9. The molecule has 0 saturated carbocycles. The maximum absolute atomic E-state index is 3.99. The van der Waals surface area contributed by atoms with Crippen LogP contribution in [0.2, 0.25) is 0 Å². The Bertz CT molecular complexity index is 2550. The summed E-state index contributed by atoms with van der Waals surface area (Å²) in [5, 5.41) is 3.63. The molecule has 4 aliphatic rings. The average Bonchev–Trinajstić information content (AvgIpc) is 3.60. The van der Waals surface area contributed by atoms with E-state index in [0.717, 1.165) is 37.1 Å². The molecule has 2 nitrogen and oxygen atoms in total. The second-order valence-electron chi connectivity index (χ2n) is 15.2. The highest BCUT2D eigenvalue weighted by Gasteiger charge is 2.38. The highest BCUT2D eigenvalue weighted by molar-refractivity contribution is 5.83. The Labute approximate surface area is 338 Å². The van der Waals surface area contributed by atoms with Crippen molar-refractivity contribution < 1.29 is 0 Å². The molecule has 0 radical (unpaired) electrons. The Hall–Kier alpha value is -6.64. The summed E-state index contributed by atoms with van der Waals surface area (Å²) in [4.78, 5) is 2.53. The lowest BCUT2D eigenvalue weighted by molar-refractivity contribution is 0.740. The molecule has 1 N–H and O–H groups in total. The molecule has 3 aliphatic carbocycles. The first-order valence-corrected chi connectivity index (χ1v) is 20.4. The summed E-state index contributed by atoms with van der Waals surface area (Å²) >= 11 is 0. The molecule has 2 heteroatoms. The number of rotatable bonds is 10. The summed E-state index contributed by atoms with van der Waals surface area (Å²) in [5.41, 5.74) is 18.6. The van der Waals surface area contributed by atoms with Gasteiger partial charge in [0, 0.05) is 28.7 Å². The molecule has 0 aromatic heterocycles. The number of hydrogen-bond donors (Lipinski definition) is 1. The Morgan fingerprint density at radius 2 is 1.42 bits per heavy atom. The van der Waals surface area contributed by atoms with Crippen molar-refractivity contribution in [1.29, 1.82) is 0 Å². The number of benzene rings is 5. The van der Waals surface area contributed by atoms with Gasteiger partial charge in [-0.25, -0.2) is 0 Å². The molecule has 5 aromatic carbocycles. The van der Waals surface area contributed by atoms with Gasteiger partial charge in [0.2, 0.25) is 0 Å².